The first-order chi connectivity index (χ1) is 5.86. The van der Waals surface area contributed by atoms with Crippen molar-refractivity contribution in [2.24, 2.45) is 0 Å². The molecule has 0 bridgehead atoms. The third-order valence-electron chi connectivity index (χ3n) is 1.64. The Morgan fingerprint density at radius 3 is 2.75 bits per heavy atom. The van der Waals surface area contributed by atoms with E-state index in [4.69, 9.17) is 11.6 Å². The number of halogens is 1. The second kappa shape index (κ2) is 2.99. The molecular formula is C9H7ClN2. The van der Waals surface area contributed by atoms with Gasteiger partial charge in [0.25, 0.3) is 0 Å². The van der Waals surface area contributed by atoms with Crippen molar-refractivity contribution >= 4 is 11.6 Å². The highest BCUT2D eigenvalue weighted by Crippen LogP contribution is 2.16. The molecule has 0 unspecified atom stereocenters. The summed E-state index contributed by atoms with van der Waals surface area (Å²) in [5, 5.41) is 0.519. The highest BCUT2D eigenvalue weighted by atomic mass is 35.5. The maximum atomic E-state index is 5.65. The number of aromatic nitrogens is 2. The molecule has 1 N–H and O–H groups in total. The van der Waals surface area contributed by atoms with Crippen molar-refractivity contribution < 1.29 is 0 Å². The molecule has 3 heteroatoms. The summed E-state index contributed by atoms with van der Waals surface area (Å²) >= 11 is 5.65. The van der Waals surface area contributed by atoms with Crippen LogP contribution in [0.1, 0.15) is 0 Å². The minimum atomic E-state index is 0.519. The van der Waals surface area contributed by atoms with Gasteiger partial charge in [-0.25, -0.2) is 4.98 Å². The summed E-state index contributed by atoms with van der Waals surface area (Å²) in [5.41, 5.74) is 2.10. The summed E-state index contributed by atoms with van der Waals surface area (Å²) < 4.78 is 0. The Bertz CT molecular complexity index is 351. The number of rotatable bonds is 1. The van der Waals surface area contributed by atoms with Crippen molar-refractivity contribution in [1.82, 2.24) is 9.97 Å². The van der Waals surface area contributed by atoms with Gasteiger partial charge in [-0.3, -0.25) is 0 Å². The quantitative estimate of drug-likeness (QED) is 0.669. The molecular weight excluding hydrogens is 172 g/mol. The number of H-pyrrole nitrogens is 1. The van der Waals surface area contributed by atoms with E-state index in [2.05, 4.69) is 9.97 Å². The molecule has 0 spiro atoms. The van der Waals surface area contributed by atoms with Gasteiger partial charge in [-0.2, -0.15) is 0 Å². The van der Waals surface area contributed by atoms with E-state index in [1.807, 2.05) is 24.4 Å². The van der Waals surface area contributed by atoms with E-state index in [0.717, 1.165) is 11.3 Å². The van der Waals surface area contributed by atoms with E-state index in [1.54, 1.807) is 12.3 Å². The zero-order chi connectivity index (χ0) is 8.39. The van der Waals surface area contributed by atoms with Crippen LogP contribution in [-0.4, -0.2) is 9.97 Å². The average molecular weight is 179 g/mol. The Labute approximate surface area is 75.2 Å². The summed E-state index contributed by atoms with van der Waals surface area (Å²) in [6.07, 6.45) is 3.62. The van der Waals surface area contributed by atoms with Gasteiger partial charge in [0.05, 0.1) is 0 Å². The van der Waals surface area contributed by atoms with E-state index < -0.39 is 0 Å². The van der Waals surface area contributed by atoms with Crippen LogP contribution < -0.4 is 0 Å². The molecule has 2 aromatic rings. The van der Waals surface area contributed by atoms with E-state index in [9.17, 15) is 0 Å². The standard InChI is InChI=1S/C9H7ClN2/c10-9-4-3-7(6-12-9)8-2-1-5-11-8/h1-6,11H. The highest BCUT2D eigenvalue weighted by Gasteiger charge is 1.96. The fourth-order valence-corrected chi connectivity index (χ4v) is 1.16. The first-order valence-electron chi connectivity index (χ1n) is 3.61. The van der Waals surface area contributed by atoms with Gasteiger partial charge in [0, 0.05) is 23.7 Å². The van der Waals surface area contributed by atoms with Gasteiger partial charge < -0.3 is 4.98 Å². The molecule has 0 aliphatic heterocycles. The Hall–Kier alpha value is -1.28. The van der Waals surface area contributed by atoms with Gasteiger partial charge in [-0.15, -0.1) is 0 Å². The molecule has 12 heavy (non-hydrogen) atoms. The van der Waals surface area contributed by atoms with Crippen LogP contribution in [0.4, 0.5) is 0 Å². The van der Waals surface area contributed by atoms with Crippen LogP contribution in [0, 0.1) is 0 Å². The monoisotopic (exact) mass is 178 g/mol. The van der Waals surface area contributed by atoms with Gasteiger partial charge in [-0.05, 0) is 24.3 Å². The Morgan fingerprint density at radius 1 is 1.25 bits per heavy atom. The summed E-state index contributed by atoms with van der Waals surface area (Å²) in [6, 6.07) is 7.65. The van der Waals surface area contributed by atoms with Crippen LogP contribution in [0.15, 0.2) is 36.7 Å². The maximum absolute atomic E-state index is 5.65. The van der Waals surface area contributed by atoms with Crippen LogP contribution in [0.25, 0.3) is 11.3 Å². The number of hydrogen-bond donors (Lipinski definition) is 1. The van der Waals surface area contributed by atoms with Crippen LogP contribution in [0.3, 0.4) is 0 Å². The molecule has 0 amide bonds. The van der Waals surface area contributed by atoms with Crippen LogP contribution in [0.2, 0.25) is 5.15 Å². The number of pyridine rings is 1. The molecule has 0 aromatic carbocycles. The van der Waals surface area contributed by atoms with Gasteiger partial charge >= 0.3 is 0 Å². The van der Waals surface area contributed by atoms with Crippen molar-refractivity contribution in [2.45, 2.75) is 0 Å². The summed E-state index contributed by atoms with van der Waals surface area (Å²) in [4.78, 5) is 7.07. The van der Waals surface area contributed by atoms with Crippen LogP contribution in [-0.2, 0) is 0 Å². The predicted octanol–water partition coefficient (Wildman–Crippen LogP) is 2.73. The lowest BCUT2D eigenvalue weighted by Gasteiger charge is -1.95. The van der Waals surface area contributed by atoms with Gasteiger partial charge in [-0.1, -0.05) is 11.6 Å². The van der Waals surface area contributed by atoms with Gasteiger partial charge in [0.1, 0.15) is 5.15 Å². The van der Waals surface area contributed by atoms with Crippen molar-refractivity contribution in [3.8, 4) is 11.3 Å². The molecule has 0 aliphatic carbocycles. The van der Waals surface area contributed by atoms with Crippen molar-refractivity contribution in [3.63, 3.8) is 0 Å². The normalized spacial score (nSPS) is 10.1. The van der Waals surface area contributed by atoms with Crippen LogP contribution in [0.5, 0.6) is 0 Å². The van der Waals surface area contributed by atoms with E-state index in [-0.39, 0.29) is 0 Å². The second-order valence-corrected chi connectivity index (χ2v) is 2.84. The van der Waals surface area contributed by atoms with E-state index in [0.29, 0.717) is 5.15 Å². The average Bonchev–Trinajstić information content (AvgIpc) is 2.58. The molecule has 0 atom stereocenters. The molecule has 0 aliphatic rings. The highest BCUT2D eigenvalue weighted by molar-refractivity contribution is 6.29. The molecule has 0 saturated carbocycles. The molecule has 2 rings (SSSR count). The van der Waals surface area contributed by atoms with E-state index in [1.165, 1.54) is 0 Å². The third-order valence-corrected chi connectivity index (χ3v) is 1.86. The summed E-state index contributed by atoms with van der Waals surface area (Å²) in [7, 11) is 0. The van der Waals surface area contributed by atoms with Crippen molar-refractivity contribution in [1.29, 1.82) is 0 Å². The predicted molar refractivity (Wildman–Crippen MR) is 49.0 cm³/mol. The first-order valence-corrected chi connectivity index (χ1v) is 3.99. The minimum Gasteiger partial charge on any atom is -0.361 e. The topological polar surface area (TPSA) is 28.7 Å². The van der Waals surface area contributed by atoms with Gasteiger partial charge in [0.2, 0.25) is 0 Å². The van der Waals surface area contributed by atoms with Gasteiger partial charge in [0.15, 0.2) is 0 Å². The SMILES string of the molecule is Clc1ccc(-c2ccc[nH]2)cn1. The lowest BCUT2D eigenvalue weighted by atomic mass is 10.2. The Morgan fingerprint density at radius 2 is 2.17 bits per heavy atom. The molecule has 0 saturated heterocycles. The fraction of sp³-hybridized carbons (Fsp3) is 0. The molecule has 2 aromatic heterocycles. The smallest absolute Gasteiger partial charge is 0.129 e. The minimum absolute atomic E-state index is 0.519. The summed E-state index contributed by atoms with van der Waals surface area (Å²) in [6.45, 7) is 0. The number of nitrogens with one attached hydrogen (secondary N) is 1. The Kier molecular flexibility index (Phi) is 1.84. The zero-order valence-corrected chi connectivity index (χ0v) is 7.05. The zero-order valence-electron chi connectivity index (χ0n) is 6.29. The number of hydrogen-bond acceptors (Lipinski definition) is 1. The summed E-state index contributed by atoms with van der Waals surface area (Å²) in [5.74, 6) is 0. The molecule has 0 fully saturated rings. The van der Waals surface area contributed by atoms with Crippen LogP contribution >= 0.6 is 11.6 Å². The molecule has 60 valence electrons. The molecule has 0 radical (unpaired) electrons. The molecule has 2 heterocycles. The lowest BCUT2D eigenvalue weighted by molar-refractivity contribution is 1.30. The molecule has 2 nitrogen and oxygen atoms in total. The number of aromatic amines is 1. The fourth-order valence-electron chi connectivity index (χ4n) is 1.05. The third kappa shape index (κ3) is 1.34. The number of nitrogens with zero attached hydrogens (tertiary/aromatic N) is 1. The largest absolute Gasteiger partial charge is 0.361 e. The van der Waals surface area contributed by atoms with E-state index >= 15 is 0 Å². The lowest BCUT2D eigenvalue weighted by Crippen LogP contribution is -1.78. The second-order valence-electron chi connectivity index (χ2n) is 2.45. The maximum Gasteiger partial charge on any atom is 0.129 e. The van der Waals surface area contributed by atoms with Crippen molar-refractivity contribution in [3.05, 3.63) is 41.8 Å². The van der Waals surface area contributed by atoms with Crippen molar-refractivity contribution in [2.75, 3.05) is 0 Å². The first kappa shape index (κ1) is 7.37. The Balaban J connectivity index is 2.43.